The molecule has 0 spiro atoms. The second kappa shape index (κ2) is 7.36. The minimum absolute atomic E-state index is 0.0398. The number of phenols is 1. The Balaban J connectivity index is 2.52. The third kappa shape index (κ3) is 5.09. The Kier molecular flexibility index (Phi) is 6.12. The molecule has 0 radical (unpaired) electrons. The van der Waals surface area contributed by atoms with Crippen molar-refractivity contribution in [2.45, 2.75) is 26.8 Å². The number of hydrogen-bond donors (Lipinski definition) is 3. The molecule has 0 heterocycles. The van der Waals surface area contributed by atoms with Crippen LogP contribution in [0, 0.1) is 11.8 Å². The second-order valence-corrected chi connectivity index (χ2v) is 5.42. The van der Waals surface area contributed by atoms with Crippen LogP contribution in [0.15, 0.2) is 18.2 Å². The lowest BCUT2D eigenvalue weighted by molar-refractivity contribution is -0.142. The monoisotopic (exact) mass is 285 g/mol. The third-order valence-corrected chi connectivity index (χ3v) is 3.31. The topological polar surface area (TPSA) is 69.6 Å². The van der Waals surface area contributed by atoms with Crippen molar-refractivity contribution in [1.82, 2.24) is 5.32 Å². The van der Waals surface area contributed by atoms with E-state index in [1.165, 1.54) is 6.07 Å². The molecule has 19 heavy (non-hydrogen) atoms. The van der Waals surface area contributed by atoms with Gasteiger partial charge >= 0.3 is 5.97 Å². The summed E-state index contributed by atoms with van der Waals surface area (Å²) in [5.41, 5.74) is 0.760. The summed E-state index contributed by atoms with van der Waals surface area (Å²) in [6.45, 7) is 4.83. The summed E-state index contributed by atoms with van der Waals surface area (Å²) in [4.78, 5) is 11.1. The molecule has 3 N–H and O–H groups in total. The normalized spacial score (nSPS) is 12.6. The minimum Gasteiger partial charge on any atom is -0.506 e. The molecule has 1 aromatic rings. The van der Waals surface area contributed by atoms with Gasteiger partial charge in [-0.25, -0.2) is 0 Å². The zero-order valence-corrected chi connectivity index (χ0v) is 11.9. The van der Waals surface area contributed by atoms with Gasteiger partial charge in [0.25, 0.3) is 0 Å². The van der Waals surface area contributed by atoms with Crippen molar-refractivity contribution in [3.05, 3.63) is 28.8 Å². The summed E-state index contributed by atoms with van der Waals surface area (Å²) in [5, 5.41) is 22.0. The molecule has 0 aliphatic heterocycles. The fraction of sp³-hybridized carbons (Fsp3) is 0.500. The number of aromatic hydroxyl groups is 1. The van der Waals surface area contributed by atoms with Crippen molar-refractivity contribution in [2.24, 2.45) is 11.8 Å². The standard InChI is InChI=1S/C14H20ClNO3/c1-9(2)6-11(14(18)19)8-16-7-10-4-3-5-12(17)13(10)15/h3-5,9,11,16-17H,6-8H2,1-2H3,(H,18,19). The first-order valence-electron chi connectivity index (χ1n) is 6.31. The maximum Gasteiger partial charge on any atom is 0.307 e. The van der Waals surface area contributed by atoms with E-state index in [0.717, 1.165) is 5.56 Å². The van der Waals surface area contributed by atoms with Gasteiger partial charge in [0.1, 0.15) is 5.75 Å². The molecule has 5 heteroatoms. The molecule has 1 unspecified atom stereocenters. The van der Waals surface area contributed by atoms with Crippen LogP contribution in [0.2, 0.25) is 5.02 Å². The van der Waals surface area contributed by atoms with Gasteiger partial charge in [-0.15, -0.1) is 0 Å². The van der Waals surface area contributed by atoms with E-state index in [2.05, 4.69) is 5.32 Å². The Hall–Kier alpha value is -1.26. The van der Waals surface area contributed by atoms with Crippen molar-refractivity contribution >= 4 is 17.6 Å². The highest BCUT2D eigenvalue weighted by atomic mass is 35.5. The molecule has 106 valence electrons. The van der Waals surface area contributed by atoms with Crippen molar-refractivity contribution in [3.63, 3.8) is 0 Å². The fourth-order valence-corrected chi connectivity index (χ4v) is 2.12. The number of carbonyl (C=O) groups is 1. The number of nitrogens with one attached hydrogen (secondary N) is 1. The average Bonchev–Trinajstić information content (AvgIpc) is 2.32. The van der Waals surface area contributed by atoms with Crippen LogP contribution in [0.25, 0.3) is 0 Å². The minimum atomic E-state index is -0.789. The molecule has 0 amide bonds. The van der Waals surface area contributed by atoms with E-state index in [1.54, 1.807) is 12.1 Å². The predicted molar refractivity (Wildman–Crippen MR) is 75.4 cm³/mol. The van der Waals surface area contributed by atoms with Crippen LogP contribution in [0.3, 0.4) is 0 Å². The van der Waals surface area contributed by atoms with Gasteiger partial charge in [-0.1, -0.05) is 37.6 Å². The summed E-state index contributed by atoms with van der Waals surface area (Å²) in [7, 11) is 0. The number of rotatable bonds is 7. The van der Waals surface area contributed by atoms with Crippen LogP contribution in [0.4, 0.5) is 0 Å². The molecule has 0 aliphatic carbocycles. The SMILES string of the molecule is CC(C)CC(CNCc1cccc(O)c1Cl)C(=O)O. The van der Waals surface area contributed by atoms with Crippen molar-refractivity contribution < 1.29 is 15.0 Å². The molecule has 0 aromatic heterocycles. The Morgan fingerprint density at radius 1 is 1.42 bits per heavy atom. The summed E-state index contributed by atoms with van der Waals surface area (Å²) < 4.78 is 0. The number of hydrogen-bond acceptors (Lipinski definition) is 3. The Morgan fingerprint density at radius 2 is 2.11 bits per heavy atom. The van der Waals surface area contributed by atoms with E-state index >= 15 is 0 Å². The summed E-state index contributed by atoms with van der Waals surface area (Å²) in [5.74, 6) is -0.815. The molecule has 1 rings (SSSR count). The number of benzene rings is 1. The maximum absolute atomic E-state index is 11.1. The Labute approximate surface area is 118 Å². The Bertz CT molecular complexity index is 435. The molecule has 0 saturated carbocycles. The van der Waals surface area contributed by atoms with Crippen LogP contribution in [-0.4, -0.2) is 22.7 Å². The van der Waals surface area contributed by atoms with Crippen molar-refractivity contribution in [3.8, 4) is 5.75 Å². The first kappa shape index (κ1) is 15.8. The fourth-order valence-electron chi connectivity index (χ4n) is 1.92. The zero-order chi connectivity index (χ0) is 14.4. The van der Waals surface area contributed by atoms with Gasteiger partial charge in [0.05, 0.1) is 10.9 Å². The first-order chi connectivity index (χ1) is 8.91. The highest BCUT2D eigenvalue weighted by Crippen LogP contribution is 2.26. The number of carboxylic acids is 1. The molecule has 0 aliphatic rings. The summed E-state index contributed by atoms with van der Waals surface area (Å²) >= 11 is 5.95. The van der Waals surface area contributed by atoms with Crippen molar-refractivity contribution in [1.29, 1.82) is 0 Å². The van der Waals surface area contributed by atoms with E-state index in [4.69, 9.17) is 16.7 Å². The lowest BCUT2D eigenvalue weighted by Gasteiger charge is -2.15. The van der Waals surface area contributed by atoms with Gasteiger partial charge in [0, 0.05) is 13.1 Å². The van der Waals surface area contributed by atoms with Gasteiger partial charge in [0.2, 0.25) is 0 Å². The van der Waals surface area contributed by atoms with E-state index in [0.29, 0.717) is 30.5 Å². The molecular formula is C14H20ClNO3. The quantitative estimate of drug-likeness (QED) is 0.720. The van der Waals surface area contributed by atoms with Crippen LogP contribution < -0.4 is 5.32 Å². The highest BCUT2D eigenvalue weighted by Gasteiger charge is 2.18. The third-order valence-electron chi connectivity index (χ3n) is 2.87. The number of phenolic OH excluding ortho intramolecular Hbond substituents is 1. The number of carboxylic acid groups (broad SMARTS) is 1. The second-order valence-electron chi connectivity index (χ2n) is 5.05. The summed E-state index contributed by atoms with van der Waals surface area (Å²) in [6.07, 6.45) is 0.635. The molecule has 0 fully saturated rings. The van der Waals surface area contributed by atoms with Gasteiger partial charge in [-0.05, 0) is 24.0 Å². The van der Waals surface area contributed by atoms with Crippen LogP contribution in [-0.2, 0) is 11.3 Å². The number of halogens is 1. The molecule has 0 saturated heterocycles. The van der Waals surface area contributed by atoms with Crippen LogP contribution >= 0.6 is 11.6 Å². The lowest BCUT2D eigenvalue weighted by Crippen LogP contribution is -2.29. The Morgan fingerprint density at radius 3 is 2.68 bits per heavy atom. The van der Waals surface area contributed by atoms with Gasteiger partial charge in [0.15, 0.2) is 0 Å². The molecule has 1 atom stereocenters. The van der Waals surface area contributed by atoms with Gasteiger partial charge in [-0.2, -0.15) is 0 Å². The highest BCUT2D eigenvalue weighted by molar-refractivity contribution is 6.32. The largest absolute Gasteiger partial charge is 0.506 e. The molecule has 0 bridgehead atoms. The van der Waals surface area contributed by atoms with Crippen LogP contribution in [0.5, 0.6) is 5.75 Å². The average molecular weight is 286 g/mol. The van der Waals surface area contributed by atoms with Crippen LogP contribution in [0.1, 0.15) is 25.8 Å². The van der Waals surface area contributed by atoms with E-state index in [-0.39, 0.29) is 5.75 Å². The lowest BCUT2D eigenvalue weighted by atomic mass is 9.97. The molecule has 4 nitrogen and oxygen atoms in total. The van der Waals surface area contributed by atoms with E-state index < -0.39 is 11.9 Å². The zero-order valence-electron chi connectivity index (χ0n) is 11.2. The van der Waals surface area contributed by atoms with Gasteiger partial charge in [-0.3, -0.25) is 4.79 Å². The first-order valence-corrected chi connectivity index (χ1v) is 6.69. The molecule has 1 aromatic carbocycles. The van der Waals surface area contributed by atoms with Crippen molar-refractivity contribution in [2.75, 3.05) is 6.54 Å². The van der Waals surface area contributed by atoms with E-state index in [9.17, 15) is 9.90 Å². The summed E-state index contributed by atoms with van der Waals surface area (Å²) in [6, 6.07) is 5.03. The smallest absolute Gasteiger partial charge is 0.307 e. The van der Waals surface area contributed by atoms with Gasteiger partial charge < -0.3 is 15.5 Å². The maximum atomic E-state index is 11.1. The molecular weight excluding hydrogens is 266 g/mol. The van der Waals surface area contributed by atoms with E-state index in [1.807, 2.05) is 13.8 Å². The predicted octanol–water partition coefficient (Wildman–Crippen LogP) is 2.88. The number of aliphatic carboxylic acids is 1.